The molecule has 0 aromatic heterocycles. The van der Waals surface area contributed by atoms with Crippen LogP contribution in [0.1, 0.15) is 38.5 Å². The summed E-state index contributed by atoms with van der Waals surface area (Å²) in [5, 5.41) is 149. The molecular weight excluding hydrogens is 720 g/mol. The number of hydrogen-bond acceptors (Lipinski definition) is 18. The highest BCUT2D eigenvalue weighted by Crippen LogP contribution is 2.17. The summed E-state index contributed by atoms with van der Waals surface area (Å²) in [6.45, 7) is -1.46. The minimum Gasteiger partial charge on any atom is -0.481 e. The Kier molecular flexibility index (Phi) is 30.0. The zero-order valence-electron chi connectivity index (χ0n) is 25.9. The molecule has 27 nitrogen and oxygen atoms in total. The van der Waals surface area contributed by atoms with Gasteiger partial charge in [0.25, 0.3) is 0 Å². The molecule has 298 valence electrons. The molecule has 0 heterocycles. The van der Waals surface area contributed by atoms with Crippen molar-refractivity contribution in [1.82, 2.24) is 0 Å². The number of aliphatic hydroxyl groups excluding tert-OH is 6. The molecular formula is C24H40O27. The number of carbonyl (C=O) groups is 9. The van der Waals surface area contributed by atoms with Gasteiger partial charge < -0.3 is 91.9 Å². The van der Waals surface area contributed by atoms with Gasteiger partial charge in [-0.25, -0.2) is 14.4 Å². The van der Waals surface area contributed by atoms with Crippen molar-refractivity contribution in [3.8, 4) is 0 Å². The second kappa shape index (κ2) is 27.7. The molecule has 0 aliphatic rings. The van der Waals surface area contributed by atoms with E-state index in [1.807, 2.05) is 0 Å². The Morgan fingerprint density at radius 1 is 0.333 bits per heavy atom. The van der Waals surface area contributed by atoms with E-state index >= 15 is 0 Å². The van der Waals surface area contributed by atoms with E-state index in [9.17, 15) is 43.2 Å². The van der Waals surface area contributed by atoms with E-state index in [0.29, 0.717) is 0 Å². The summed E-state index contributed by atoms with van der Waals surface area (Å²) in [5.74, 6) is -15.1. The van der Waals surface area contributed by atoms with Crippen molar-refractivity contribution in [2.24, 2.45) is 0 Å². The van der Waals surface area contributed by atoms with E-state index in [2.05, 4.69) is 0 Å². The van der Waals surface area contributed by atoms with Crippen LogP contribution in [0.15, 0.2) is 0 Å². The van der Waals surface area contributed by atoms with Gasteiger partial charge in [-0.15, -0.1) is 0 Å². The maximum Gasteiger partial charge on any atom is 0.336 e. The van der Waals surface area contributed by atoms with Crippen molar-refractivity contribution < 1.29 is 135 Å². The third kappa shape index (κ3) is 31.9. The first-order valence-corrected chi connectivity index (χ1v) is 12.9. The van der Waals surface area contributed by atoms with Gasteiger partial charge >= 0.3 is 53.7 Å². The predicted molar refractivity (Wildman–Crippen MR) is 152 cm³/mol. The number of aliphatic hydroxyl groups is 9. The van der Waals surface area contributed by atoms with E-state index in [1.165, 1.54) is 0 Å². The van der Waals surface area contributed by atoms with Gasteiger partial charge in [-0.05, 0) is 0 Å². The van der Waals surface area contributed by atoms with Crippen LogP contribution in [-0.4, -0.2) is 201 Å². The van der Waals surface area contributed by atoms with Crippen LogP contribution in [0.5, 0.6) is 0 Å². The molecule has 0 rings (SSSR count). The molecule has 51 heavy (non-hydrogen) atoms. The van der Waals surface area contributed by atoms with Crippen molar-refractivity contribution in [2.45, 2.75) is 67.5 Å². The lowest BCUT2D eigenvalue weighted by Gasteiger charge is -2.18. The first-order valence-electron chi connectivity index (χ1n) is 12.9. The average Bonchev–Trinajstić information content (AvgIpc) is 2.94. The Morgan fingerprint density at radius 2 is 0.451 bits per heavy atom. The van der Waals surface area contributed by atoms with Crippen LogP contribution in [0.25, 0.3) is 0 Å². The Bertz CT molecular complexity index is 956. The first-order chi connectivity index (χ1) is 22.9. The number of rotatable bonds is 19. The molecule has 0 radical (unpaired) electrons. The van der Waals surface area contributed by atoms with E-state index in [1.54, 1.807) is 0 Å². The molecule has 0 aromatic rings. The highest BCUT2D eigenvalue weighted by molar-refractivity contribution is 5.89. The molecule has 0 spiro atoms. The smallest absolute Gasteiger partial charge is 0.336 e. The van der Waals surface area contributed by atoms with Crippen molar-refractivity contribution in [3.63, 3.8) is 0 Å². The highest BCUT2D eigenvalue weighted by atomic mass is 16.4. The van der Waals surface area contributed by atoms with Gasteiger partial charge in [0.2, 0.25) is 0 Å². The topological polar surface area (TPSA) is 518 Å². The first kappa shape index (κ1) is 55.3. The molecule has 0 aliphatic heterocycles. The van der Waals surface area contributed by atoms with Gasteiger partial charge in [-0.3, -0.25) is 28.8 Å². The molecule has 0 amide bonds. The van der Waals surface area contributed by atoms with Crippen LogP contribution < -0.4 is 0 Å². The second-order valence-electron chi connectivity index (χ2n) is 9.47. The Morgan fingerprint density at radius 3 is 0.490 bits per heavy atom. The van der Waals surface area contributed by atoms with E-state index < -0.39 is 121 Å². The van der Waals surface area contributed by atoms with Gasteiger partial charge in [0.15, 0.2) is 16.8 Å². The SMILES string of the molecule is O=C(O)CC(O)(CC(=O)O)C(=O)O.O=C(O)CC(O)(CC(=O)O)C(=O)O.O=C(O)CC(O)(CC(=O)O)C(=O)O.OCC(O)CO.OCC(O)CO. The average molecular weight is 761 g/mol. The van der Waals surface area contributed by atoms with Crippen molar-refractivity contribution >= 4 is 53.7 Å². The van der Waals surface area contributed by atoms with Gasteiger partial charge in [-0.2, -0.15) is 0 Å². The maximum atomic E-state index is 10.3. The van der Waals surface area contributed by atoms with E-state index in [-0.39, 0.29) is 26.4 Å². The Labute approximate surface area is 283 Å². The lowest BCUT2D eigenvalue weighted by molar-refractivity contribution is -0.170. The van der Waals surface area contributed by atoms with Gasteiger partial charge in [-0.1, -0.05) is 0 Å². The molecule has 0 saturated heterocycles. The summed E-state index contributed by atoms with van der Waals surface area (Å²) in [5.41, 5.74) is -8.22. The molecule has 0 atom stereocenters. The van der Waals surface area contributed by atoms with Crippen LogP contribution in [0.2, 0.25) is 0 Å². The zero-order chi connectivity index (χ0) is 41.9. The number of aliphatic carboxylic acids is 9. The van der Waals surface area contributed by atoms with Crippen molar-refractivity contribution in [1.29, 1.82) is 0 Å². The normalized spacial score (nSPS) is 10.6. The van der Waals surface area contributed by atoms with Crippen LogP contribution >= 0.6 is 0 Å². The molecule has 0 aromatic carbocycles. The fourth-order valence-corrected chi connectivity index (χ4v) is 2.26. The summed E-state index contributed by atoms with van der Waals surface area (Å²) in [6, 6.07) is 0. The molecule has 0 fully saturated rings. The molecule has 27 heteroatoms. The minimum absolute atomic E-state index is 0.365. The Hall–Kier alpha value is -5.13. The van der Waals surface area contributed by atoms with Crippen LogP contribution in [0.3, 0.4) is 0 Å². The molecule has 18 N–H and O–H groups in total. The summed E-state index contributed by atoms with van der Waals surface area (Å²) < 4.78 is 0. The third-order valence-corrected chi connectivity index (χ3v) is 4.70. The van der Waals surface area contributed by atoms with E-state index in [4.69, 9.17) is 91.9 Å². The minimum atomic E-state index is -2.74. The van der Waals surface area contributed by atoms with Gasteiger partial charge in [0, 0.05) is 0 Å². The largest absolute Gasteiger partial charge is 0.481 e. The Balaban J connectivity index is -0.000000179. The summed E-state index contributed by atoms with van der Waals surface area (Å²) >= 11 is 0. The molecule has 0 bridgehead atoms. The monoisotopic (exact) mass is 760 g/mol. The standard InChI is InChI=1S/3C6H8O7.2C3H8O3/c3*7-3(8)1-6(13,5(11)12)2-4(9)10;2*4-1-3(6)2-5/h3*13H,1-2H2,(H,7,8)(H,9,10)(H,11,12);2*3-6H,1-2H2. The number of hydrogen-bond donors (Lipinski definition) is 18. The second-order valence-corrected chi connectivity index (χ2v) is 9.47. The molecule has 0 aliphatic carbocycles. The predicted octanol–water partition coefficient (Wildman–Crippen LogP) is -7.08. The third-order valence-electron chi connectivity index (χ3n) is 4.70. The number of carboxylic acids is 9. The lowest BCUT2D eigenvalue weighted by Crippen LogP contribution is -2.42. The summed E-state index contributed by atoms with van der Waals surface area (Å²) in [7, 11) is 0. The van der Waals surface area contributed by atoms with Gasteiger partial charge in [0.05, 0.1) is 65.0 Å². The quantitative estimate of drug-likeness (QED) is 0.0581. The van der Waals surface area contributed by atoms with Crippen LogP contribution in [0, 0.1) is 0 Å². The highest BCUT2D eigenvalue weighted by Gasteiger charge is 2.42. The van der Waals surface area contributed by atoms with E-state index in [0.717, 1.165) is 0 Å². The fourth-order valence-electron chi connectivity index (χ4n) is 2.26. The zero-order valence-corrected chi connectivity index (χ0v) is 25.9. The summed E-state index contributed by atoms with van der Waals surface area (Å²) in [4.78, 5) is 91.5. The summed E-state index contributed by atoms with van der Waals surface area (Å²) in [6.07, 6.45) is -8.77. The molecule has 0 unspecified atom stereocenters. The lowest BCUT2D eigenvalue weighted by atomic mass is 9.96. The maximum absolute atomic E-state index is 10.3. The van der Waals surface area contributed by atoms with Crippen molar-refractivity contribution in [3.05, 3.63) is 0 Å². The molecule has 0 saturated carbocycles. The van der Waals surface area contributed by atoms with Crippen molar-refractivity contribution in [2.75, 3.05) is 26.4 Å². The number of carboxylic acid groups (broad SMARTS) is 9. The van der Waals surface area contributed by atoms with Gasteiger partial charge in [0.1, 0.15) is 12.2 Å². The fraction of sp³-hybridized carbons (Fsp3) is 0.625. The van der Waals surface area contributed by atoms with Crippen LogP contribution in [-0.2, 0) is 43.2 Å². The van der Waals surface area contributed by atoms with Crippen LogP contribution in [0.4, 0.5) is 0 Å².